The summed E-state index contributed by atoms with van der Waals surface area (Å²) in [5.74, 6) is -1.31. The monoisotopic (exact) mass is 347 g/mol. The third-order valence-corrected chi connectivity index (χ3v) is 4.07. The largest absolute Gasteiger partial charge is 0.466 e. The molecule has 8 heteroatoms. The summed E-state index contributed by atoms with van der Waals surface area (Å²) < 4.78 is 11.1. The van der Waals surface area contributed by atoms with E-state index in [2.05, 4.69) is 19.8 Å². The molecule has 0 fully saturated rings. The van der Waals surface area contributed by atoms with Crippen LogP contribution < -0.4 is 5.32 Å². The number of aromatic nitrogens is 2. The molecule has 0 aliphatic rings. The van der Waals surface area contributed by atoms with Crippen LogP contribution in [0.15, 0.2) is 58.5 Å². The van der Waals surface area contributed by atoms with Crippen molar-refractivity contribution >= 4 is 29.4 Å². The highest BCUT2D eigenvalue weighted by Gasteiger charge is 2.13. The van der Waals surface area contributed by atoms with Gasteiger partial charge in [-0.2, -0.15) is 0 Å². The van der Waals surface area contributed by atoms with Crippen LogP contribution >= 0.6 is 11.8 Å². The lowest BCUT2D eigenvalue weighted by atomic mass is 10.3. The summed E-state index contributed by atoms with van der Waals surface area (Å²) >= 11 is 1.52. The van der Waals surface area contributed by atoms with Crippen molar-refractivity contribution in [2.24, 2.45) is 7.05 Å². The number of rotatable bonds is 6. The molecule has 1 heterocycles. The first-order valence-electron chi connectivity index (χ1n) is 6.93. The molecule has 0 bridgehead atoms. The molecule has 0 saturated carbocycles. The van der Waals surface area contributed by atoms with E-state index in [-0.39, 0.29) is 5.70 Å². The average molecular weight is 347 g/mol. The lowest BCUT2D eigenvalue weighted by Gasteiger charge is -2.09. The summed E-state index contributed by atoms with van der Waals surface area (Å²) in [6, 6.07) is 7.35. The number of hydrogen-bond donors (Lipinski definition) is 1. The van der Waals surface area contributed by atoms with Gasteiger partial charge in [0.25, 0.3) is 0 Å². The van der Waals surface area contributed by atoms with Gasteiger partial charge >= 0.3 is 11.9 Å². The zero-order valence-corrected chi connectivity index (χ0v) is 14.3. The number of nitrogens with zero attached hydrogens (tertiary/aromatic N) is 2. The normalized spacial score (nSPS) is 11.0. The zero-order valence-electron chi connectivity index (χ0n) is 13.5. The minimum atomic E-state index is -0.660. The summed E-state index contributed by atoms with van der Waals surface area (Å²) in [6.07, 6.45) is 4.65. The Balaban J connectivity index is 2.11. The van der Waals surface area contributed by atoms with E-state index < -0.39 is 11.9 Å². The number of carbonyl (C=O) groups is 2. The number of methoxy groups -OCH3 is 2. The van der Waals surface area contributed by atoms with E-state index in [0.717, 1.165) is 16.1 Å². The van der Waals surface area contributed by atoms with Crippen molar-refractivity contribution in [1.82, 2.24) is 9.55 Å². The lowest BCUT2D eigenvalue weighted by molar-refractivity contribution is -0.138. The number of carbonyl (C=O) groups excluding carboxylic acids is 2. The van der Waals surface area contributed by atoms with Crippen LogP contribution in [0.25, 0.3) is 0 Å². The summed E-state index contributed by atoms with van der Waals surface area (Å²) in [7, 11) is 4.39. The molecule has 0 radical (unpaired) electrons. The molecule has 0 amide bonds. The van der Waals surface area contributed by atoms with E-state index >= 15 is 0 Å². The van der Waals surface area contributed by atoms with Crippen molar-refractivity contribution in [2.45, 2.75) is 10.1 Å². The van der Waals surface area contributed by atoms with Gasteiger partial charge in [0.05, 0.1) is 20.3 Å². The molecule has 1 aromatic heterocycles. The number of nitrogens with one attached hydrogen (secondary N) is 1. The summed E-state index contributed by atoms with van der Waals surface area (Å²) in [4.78, 5) is 28.3. The molecule has 0 spiro atoms. The van der Waals surface area contributed by atoms with E-state index in [1.54, 1.807) is 18.3 Å². The SMILES string of the molecule is COC(=O)/C=C(/Nc1ccc(Sc2nccn2C)cc1)C(=O)OC. The molecular formula is C16H17N3O4S. The van der Waals surface area contributed by atoms with E-state index in [1.165, 1.54) is 26.0 Å². The molecule has 1 N–H and O–H groups in total. The number of hydrogen-bond acceptors (Lipinski definition) is 7. The van der Waals surface area contributed by atoms with Crippen molar-refractivity contribution < 1.29 is 19.1 Å². The molecule has 0 atom stereocenters. The minimum absolute atomic E-state index is 0.00569. The predicted molar refractivity (Wildman–Crippen MR) is 89.5 cm³/mol. The Labute approximate surface area is 143 Å². The second-order valence-electron chi connectivity index (χ2n) is 4.64. The van der Waals surface area contributed by atoms with E-state index in [4.69, 9.17) is 0 Å². The number of anilines is 1. The quantitative estimate of drug-likeness (QED) is 0.634. The molecule has 0 unspecified atom stereocenters. The molecule has 2 aromatic rings. The van der Waals surface area contributed by atoms with Gasteiger partial charge in [0.2, 0.25) is 0 Å². The molecule has 0 aliphatic heterocycles. The molecule has 2 rings (SSSR count). The van der Waals surface area contributed by atoms with Gasteiger partial charge in [0.15, 0.2) is 5.16 Å². The number of aryl methyl sites for hydroxylation is 1. The van der Waals surface area contributed by atoms with Crippen LogP contribution in [0.2, 0.25) is 0 Å². The standard InChI is InChI=1S/C16H17N3O4S/c1-19-9-8-17-16(19)24-12-6-4-11(5-7-12)18-13(15(21)23-3)10-14(20)22-2/h4-10,18H,1-3H3/b13-10+. The van der Waals surface area contributed by atoms with Crippen LogP contribution in [0.5, 0.6) is 0 Å². The van der Waals surface area contributed by atoms with Gasteiger partial charge in [-0.25, -0.2) is 14.6 Å². The first-order valence-corrected chi connectivity index (χ1v) is 7.75. The number of imidazole rings is 1. The Bertz CT molecular complexity index is 753. The summed E-state index contributed by atoms with van der Waals surface area (Å²) in [5, 5.41) is 3.72. The maximum absolute atomic E-state index is 11.7. The topological polar surface area (TPSA) is 82.5 Å². The van der Waals surface area contributed by atoms with Gasteiger partial charge in [-0.05, 0) is 24.3 Å². The number of esters is 2. The Morgan fingerprint density at radius 1 is 1.21 bits per heavy atom. The van der Waals surface area contributed by atoms with Crippen molar-refractivity contribution in [3.8, 4) is 0 Å². The van der Waals surface area contributed by atoms with Crippen molar-refractivity contribution in [3.05, 3.63) is 48.4 Å². The maximum atomic E-state index is 11.7. The lowest BCUT2D eigenvalue weighted by Crippen LogP contribution is -2.15. The average Bonchev–Trinajstić information content (AvgIpc) is 2.99. The molecule has 0 saturated heterocycles. The Kier molecular flexibility index (Phi) is 6.02. The van der Waals surface area contributed by atoms with Gasteiger partial charge in [-0.3, -0.25) is 0 Å². The zero-order chi connectivity index (χ0) is 17.5. The molecule has 24 heavy (non-hydrogen) atoms. The highest BCUT2D eigenvalue weighted by atomic mass is 32.2. The van der Waals surface area contributed by atoms with Crippen molar-refractivity contribution in [3.63, 3.8) is 0 Å². The van der Waals surface area contributed by atoms with Crippen molar-refractivity contribution in [1.29, 1.82) is 0 Å². The maximum Gasteiger partial charge on any atom is 0.354 e. The van der Waals surface area contributed by atoms with Crippen LogP contribution in [0.3, 0.4) is 0 Å². The molecule has 126 valence electrons. The molecule has 0 aliphatic carbocycles. The summed E-state index contributed by atoms with van der Waals surface area (Å²) in [5.41, 5.74) is 0.633. The van der Waals surface area contributed by atoms with Crippen LogP contribution in [-0.2, 0) is 26.1 Å². The fourth-order valence-electron chi connectivity index (χ4n) is 1.75. The van der Waals surface area contributed by atoms with Crippen LogP contribution in [0.4, 0.5) is 5.69 Å². The van der Waals surface area contributed by atoms with E-state index in [0.29, 0.717) is 5.69 Å². The number of ether oxygens (including phenoxy) is 2. The van der Waals surface area contributed by atoms with Gasteiger partial charge in [-0.1, -0.05) is 11.8 Å². The highest BCUT2D eigenvalue weighted by molar-refractivity contribution is 7.99. The van der Waals surface area contributed by atoms with Crippen LogP contribution in [0.1, 0.15) is 0 Å². The molecule has 7 nitrogen and oxygen atoms in total. The van der Waals surface area contributed by atoms with Crippen LogP contribution in [-0.4, -0.2) is 35.7 Å². The highest BCUT2D eigenvalue weighted by Crippen LogP contribution is 2.27. The smallest absolute Gasteiger partial charge is 0.354 e. The Morgan fingerprint density at radius 2 is 1.92 bits per heavy atom. The number of benzene rings is 1. The third kappa shape index (κ3) is 4.63. The van der Waals surface area contributed by atoms with Gasteiger partial charge in [0.1, 0.15) is 5.70 Å². The first-order chi connectivity index (χ1) is 11.5. The molecule has 1 aromatic carbocycles. The fourth-order valence-corrected chi connectivity index (χ4v) is 2.55. The van der Waals surface area contributed by atoms with Crippen LogP contribution in [0, 0.1) is 0 Å². The third-order valence-electron chi connectivity index (χ3n) is 2.99. The second kappa shape index (κ2) is 8.21. The van der Waals surface area contributed by atoms with Gasteiger partial charge in [0, 0.05) is 30.0 Å². The predicted octanol–water partition coefficient (Wildman–Crippen LogP) is 2.21. The Hall–Kier alpha value is -2.74. The second-order valence-corrected chi connectivity index (χ2v) is 5.69. The first kappa shape index (κ1) is 17.6. The Morgan fingerprint density at radius 3 is 2.46 bits per heavy atom. The van der Waals surface area contributed by atoms with Crippen molar-refractivity contribution in [2.75, 3.05) is 19.5 Å². The minimum Gasteiger partial charge on any atom is -0.466 e. The van der Waals surface area contributed by atoms with E-state index in [9.17, 15) is 9.59 Å². The van der Waals surface area contributed by atoms with Gasteiger partial charge in [-0.15, -0.1) is 0 Å². The fraction of sp³-hybridized carbons (Fsp3) is 0.188. The summed E-state index contributed by atoms with van der Waals surface area (Å²) in [6.45, 7) is 0. The van der Waals surface area contributed by atoms with E-state index in [1.807, 2.05) is 29.9 Å². The molecular weight excluding hydrogens is 330 g/mol. The van der Waals surface area contributed by atoms with Gasteiger partial charge < -0.3 is 19.4 Å².